The molecule has 25 heavy (non-hydrogen) atoms. The number of aromatic nitrogens is 2. The van der Waals surface area contributed by atoms with Crippen molar-refractivity contribution < 1.29 is 9.18 Å². The van der Waals surface area contributed by atoms with Crippen LogP contribution in [-0.2, 0) is 13.0 Å². The zero-order valence-corrected chi connectivity index (χ0v) is 14.4. The number of likely N-dealkylation sites (tertiary alicyclic amines) is 1. The lowest BCUT2D eigenvalue weighted by molar-refractivity contribution is 0.0945. The molecule has 1 aromatic carbocycles. The summed E-state index contributed by atoms with van der Waals surface area (Å²) < 4.78 is 13.6. The van der Waals surface area contributed by atoms with Crippen molar-refractivity contribution >= 4 is 5.91 Å². The van der Waals surface area contributed by atoms with E-state index in [1.165, 1.54) is 25.1 Å². The van der Waals surface area contributed by atoms with E-state index < -0.39 is 0 Å². The van der Waals surface area contributed by atoms with E-state index in [0.29, 0.717) is 11.5 Å². The van der Waals surface area contributed by atoms with Crippen molar-refractivity contribution in [1.29, 1.82) is 0 Å². The monoisotopic (exact) mass is 342 g/mol. The Bertz CT molecular complexity index is 720. The van der Waals surface area contributed by atoms with Crippen LogP contribution in [0.3, 0.4) is 0 Å². The second-order valence-corrected chi connectivity index (χ2v) is 6.64. The smallest absolute Gasteiger partial charge is 0.271 e. The second kappa shape index (κ2) is 8.16. The first-order chi connectivity index (χ1) is 12.1. The van der Waals surface area contributed by atoms with Gasteiger partial charge in [0, 0.05) is 24.8 Å². The first-order valence-electron chi connectivity index (χ1n) is 8.63. The number of benzene rings is 1. The Morgan fingerprint density at radius 3 is 2.88 bits per heavy atom. The van der Waals surface area contributed by atoms with Crippen molar-refractivity contribution in [3.05, 3.63) is 59.4 Å². The third-order valence-electron chi connectivity index (χ3n) is 4.56. The highest BCUT2D eigenvalue weighted by Gasteiger charge is 2.18. The largest absolute Gasteiger partial charge is 0.346 e. The van der Waals surface area contributed by atoms with Gasteiger partial charge in [0.25, 0.3) is 5.91 Å². The fourth-order valence-corrected chi connectivity index (χ4v) is 3.22. The van der Waals surface area contributed by atoms with E-state index in [0.717, 1.165) is 25.2 Å². The third-order valence-corrected chi connectivity index (χ3v) is 4.56. The third kappa shape index (κ3) is 4.82. The maximum absolute atomic E-state index is 13.6. The van der Waals surface area contributed by atoms with Crippen LogP contribution in [0.25, 0.3) is 0 Å². The van der Waals surface area contributed by atoms with Gasteiger partial charge >= 0.3 is 0 Å². The lowest BCUT2D eigenvalue weighted by Crippen LogP contribution is -2.33. The molecular formula is C19H23FN4O. The molecule has 1 saturated heterocycles. The molecule has 1 aromatic heterocycles. The molecule has 1 aliphatic heterocycles. The Balaban J connectivity index is 1.54. The van der Waals surface area contributed by atoms with Gasteiger partial charge in [0.15, 0.2) is 0 Å². The van der Waals surface area contributed by atoms with Crippen LogP contribution in [0.5, 0.6) is 0 Å². The van der Waals surface area contributed by atoms with Crippen LogP contribution in [0, 0.1) is 11.7 Å². The van der Waals surface area contributed by atoms with Gasteiger partial charge in [-0.2, -0.15) is 0 Å². The van der Waals surface area contributed by atoms with Gasteiger partial charge < -0.3 is 10.2 Å². The minimum atomic E-state index is -0.347. The lowest BCUT2D eigenvalue weighted by Gasteiger charge is -2.29. The molecule has 132 valence electrons. The van der Waals surface area contributed by atoms with Gasteiger partial charge in [0.2, 0.25) is 0 Å². The van der Waals surface area contributed by atoms with Crippen LogP contribution in [0.15, 0.2) is 36.7 Å². The molecule has 3 rings (SSSR count). The van der Waals surface area contributed by atoms with Crippen LogP contribution >= 0.6 is 0 Å². The molecule has 0 saturated carbocycles. The van der Waals surface area contributed by atoms with E-state index in [1.807, 2.05) is 0 Å². The average molecular weight is 342 g/mol. The van der Waals surface area contributed by atoms with Crippen molar-refractivity contribution in [3.63, 3.8) is 0 Å². The Morgan fingerprint density at radius 1 is 1.32 bits per heavy atom. The number of nitrogens with one attached hydrogen (secondary N) is 1. The number of hydrogen-bond donors (Lipinski definition) is 1. The van der Waals surface area contributed by atoms with Crippen LogP contribution < -0.4 is 5.32 Å². The normalized spacial score (nSPS) is 18.1. The fourth-order valence-electron chi connectivity index (χ4n) is 3.22. The summed E-state index contributed by atoms with van der Waals surface area (Å²) in [4.78, 5) is 23.1. The number of piperidine rings is 1. The number of amides is 1. The number of rotatable bonds is 5. The number of carbonyl (C=O) groups excluding carboxylic acids is 1. The second-order valence-electron chi connectivity index (χ2n) is 6.64. The SMILES string of the molecule is CN1CCCC(Cc2cnc(C(=O)NCc3ccccc3F)cn2)C1. The van der Waals surface area contributed by atoms with E-state index in [4.69, 9.17) is 0 Å². The first kappa shape index (κ1) is 17.5. The van der Waals surface area contributed by atoms with Gasteiger partial charge in [-0.3, -0.25) is 9.78 Å². The molecule has 1 N–H and O–H groups in total. The summed E-state index contributed by atoms with van der Waals surface area (Å²) in [6.45, 7) is 2.36. The summed E-state index contributed by atoms with van der Waals surface area (Å²) in [5.41, 5.74) is 1.61. The van der Waals surface area contributed by atoms with Crippen molar-refractivity contribution in [2.75, 3.05) is 20.1 Å². The molecule has 2 aromatic rings. The van der Waals surface area contributed by atoms with Gasteiger partial charge in [-0.1, -0.05) is 18.2 Å². The molecule has 1 amide bonds. The van der Waals surface area contributed by atoms with Gasteiger partial charge in [0.05, 0.1) is 11.9 Å². The molecule has 0 bridgehead atoms. The highest BCUT2D eigenvalue weighted by Crippen LogP contribution is 2.18. The quantitative estimate of drug-likeness (QED) is 0.907. The molecule has 1 unspecified atom stereocenters. The Labute approximate surface area is 147 Å². The molecular weight excluding hydrogens is 319 g/mol. The predicted molar refractivity (Wildman–Crippen MR) is 93.5 cm³/mol. The van der Waals surface area contributed by atoms with Crippen LogP contribution in [-0.4, -0.2) is 40.9 Å². The zero-order chi connectivity index (χ0) is 17.6. The van der Waals surface area contributed by atoms with Gasteiger partial charge in [-0.25, -0.2) is 9.37 Å². The molecule has 0 aliphatic carbocycles. The highest BCUT2D eigenvalue weighted by molar-refractivity contribution is 5.91. The van der Waals surface area contributed by atoms with Crippen LogP contribution in [0.1, 0.15) is 34.6 Å². The fraction of sp³-hybridized carbons (Fsp3) is 0.421. The number of nitrogens with zero attached hydrogens (tertiary/aromatic N) is 3. The van der Waals surface area contributed by atoms with Crippen molar-refractivity contribution in [3.8, 4) is 0 Å². The van der Waals surface area contributed by atoms with Crippen molar-refractivity contribution in [2.45, 2.75) is 25.8 Å². The molecule has 1 atom stereocenters. The summed E-state index contributed by atoms with van der Waals surface area (Å²) in [5, 5.41) is 2.67. The Kier molecular flexibility index (Phi) is 5.71. The maximum Gasteiger partial charge on any atom is 0.271 e. The standard InChI is InChI=1S/C19H23FN4O/c1-24-8-4-5-14(13-24)9-16-11-22-18(12-21-16)19(25)23-10-15-6-2-3-7-17(15)20/h2-3,6-7,11-12,14H,4-5,8-10,13H2,1H3,(H,23,25). The van der Waals surface area contributed by atoms with Crippen LogP contribution in [0.2, 0.25) is 0 Å². The van der Waals surface area contributed by atoms with Crippen molar-refractivity contribution in [2.24, 2.45) is 5.92 Å². The zero-order valence-electron chi connectivity index (χ0n) is 14.4. The number of halogens is 1. The van der Waals surface area contributed by atoms with E-state index in [2.05, 4.69) is 27.2 Å². The summed E-state index contributed by atoms with van der Waals surface area (Å²) >= 11 is 0. The molecule has 1 aliphatic rings. The Morgan fingerprint density at radius 2 is 2.16 bits per heavy atom. The van der Waals surface area contributed by atoms with Crippen molar-refractivity contribution in [1.82, 2.24) is 20.2 Å². The van der Waals surface area contributed by atoms with E-state index in [-0.39, 0.29) is 24.0 Å². The summed E-state index contributed by atoms with van der Waals surface area (Å²) in [7, 11) is 2.14. The molecule has 0 radical (unpaired) electrons. The molecule has 0 spiro atoms. The van der Waals surface area contributed by atoms with Gasteiger partial charge in [0.1, 0.15) is 11.5 Å². The Hall–Kier alpha value is -2.34. The highest BCUT2D eigenvalue weighted by atomic mass is 19.1. The maximum atomic E-state index is 13.6. The summed E-state index contributed by atoms with van der Waals surface area (Å²) in [6, 6.07) is 6.38. The van der Waals surface area contributed by atoms with Gasteiger partial charge in [-0.05, 0) is 44.8 Å². The topological polar surface area (TPSA) is 58.1 Å². The minimum absolute atomic E-state index is 0.128. The number of carbonyl (C=O) groups is 1. The van der Waals surface area contributed by atoms with Gasteiger partial charge in [-0.15, -0.1) is 0 Å². The van der Waals surface area contributed by atoms with Crippen LogP contribution in [0.4, 0.5) is 4.39 Å². The average Bonchev–Trinajstić information content (AvgIpc) is 2.61. The first-order valence-corrected chi connectivity index (χ1v) is 8.63. The minimum Gasteiger partial charge on any atom is -0.346 e. The molecule has 1 fully saturated rings. The van der Waals surface area contributed by atoms with E-state index >= 15 is 0 Å². The summed E-state index contributed by atoms with van der Waals surface area (Å²) in [6.07, 6.45) is 6.47. The molecule has 6 heteroatoms. The van der Waals surface area contributed by atoms with E-state index in [9.17, 15) is 9.18 Å². The molecule has 2 heterocycles. The molecule has 5 nitrogen and oxygen atoms in total. The van der Waals surface area contributed by atoms with E-state index in [1.54, 1.807) is 24.4 Å². The number of hydrogen-bond acceptors (Lipinski definition) is 4. The predicted octanol–water partition coefficient (Wildman–Crippen LogP) is 2.43. The summed E-state index contributed by atoms with van der Waals surface area (Å²) in [5.74, 6) is -0.0878. The lowest BCUT2D eigenvalue weighted by atomic mass is 9.94.